The Labute approximate surface area is 164 Å². The summed E-state index contributed by atoms with van der Waals surface area (Å²) >= 11 is 1.65. The molecule has 24 heavy (non-hydrogen) atoms. The molecule has 2 aromatic rings. The molecule has 132 valence electrons. The van der Waals surface area contributed by atoms with Gasteiger partial charge in [-0.3, -0.25) is 0 Å². The van der Waals surface area contributed by atoms with E-state index in [4.69, 9.17) is 0 Å². The van der Waals surface area contributed by atoms with Crippen LogP contribution < -0.4 is 10.6 Å². The van der Waals surface area contributed by atoms with Crippen LogP contribution in [0.1, 0.15) is 11.8 Å². The second-order valence-corrected chi connectivity index (χ2v) is 7.97. The molecule has 0 saturated carbocycles. The van der Waals surface area contributed by atoms with Crippen LogP contribution in [-0.4, -0.2) is 33.2 Å². The first-order chi connectivity index (χ1) is 11.1. The Morgan fingerprint density at radius 1 is 1.12 bits per heavy atom. The van der Waals surface area contributed by atoms with Crippen molar-refractivity contribution < 1.29 is 8.42 Å². The van der Waals surface area contributed by atoms with Gasteiger partial charge in [-0.2, -0.15) is 0 Å². The fourth-order valence-electron chi connectivity index (χ4n) is 1.95. The molecule has 0 fully saturated rings. The molecule has 0 aliphatic rings. The molecule has 0 radical (unpaired) electrons. The molecule has 8 heteroatoms. The Balaban J connectivity index is 0.00000288. The number of halogens is 1. The van der Waals surface area contributed by atoms with Gasteiger partial charge in [0, 0.05) is 18.0 Å². The van der Waals surface area contributed by atoms with Crippen molar-refractivity contribution in [2.75, 3.05) is 18.8 Å². The second kappa shape index (κ2) is 10.7. The van der Waals surface area contributed by atoms with Gasteiger partial charge in [0.25, 0.3) is 0 Å². The summed E-state index contributed by atoms with van der Waals surface area (Å²) in [6, 6.07) is 12.5. The number of thiophene rings is 1. The molecule has 0 aliphatic heterocycles. The molecular weight excluding hydrogens is 457 g/mol. The van der Waals surface area contributed by atoms with Crippen LogP contribution in [0.15, 0.2) is 57.7 Å². The van der Waals surface area contributed by atoms with Gasteiger partial charge in [0.1, 0.15) is 0 Å². The van der Waals surface area contributed by atoms with Crippen molar-refractivity contribution in [1.82, 2.24) is 10.6 Å². The van der Waals surface area contributed by atoms with E-state index in [0.717, 1.165) is 6.54 Å². The minimum atomic E-state index is -3.27. The molecule has 2 N–H and O–H groups in total. The van der Waals surface area contributed by atoms with Gasteiger partial charge >= 0.3 is 0 Å². The van der Waals surface area contributed by atoms with Crippen LogP contribution in [0.5, 0.6) is 0 Å². The van der Waals surface area contributed by atoms with Crippen LogP contribution >= 0.6 is 35.3 Å². The lowest BCUT2D eigenvalue weighted by atomic mass is 10.4. The number of guanidine groups is 1. The fourth-order valence-corrected chi connectivity index (χ4v) is 3.76. The first-order valence-electron chi connectivity index (χ1n) is 7.44. The number of rotatable bonds is 7. The number of benzene rings is 1. The maximum Gasteiger partial charge on any atom is 0.191 e. The van der Waals surface area contributed by atoms with Gasteiger partial charge in [-0.1, -0.05) is 24.3 Å². The van der Waals surface area contributed by atoms with Crippen LogP contribution in [0.3, 0.4) is 0 Å². The summed E-state index contributed by atoms with van der Waals surface area (Å²) in [4.78, 5) is 5.97. The number of nitrogens with one attached hydrogen (secondary N) is 2. The normalized spacial score (nSPS) is 11.6. The first kappa shape index (κ1) is 20.9. The number of aliphatic imine (C=N–C) groups is 1. The number of hydrogen-bond acceptors (Lipinski definition) is 4. The maximum absolute atomic E-state index is 12.2. The highest BCUT2D eigenvalue weighted by Crippen LogP contribution is 2.10. The smallest absolute Gasteiger partial charge is 0.191 e. The van der Waals surface area contributed by atoms with E-state index < -0.39 is 9.84 Å². The predicted octanol–water partition coefficient (Wildman–Crippen LogP) is 2.90. The average molecular weight is 479 g/mol. The molecule has 0 bridgehead atoms. The zero-order valence-electron chi connectivity index (χ0n) is 13.4. The van der Waals surface area contributed by atoms with Crippen molar-refractivity contribution in [3.05, 3.63) is 52.7 Å². The number of hydrogen-bond donors (Lipinski definition) is 2. The van der Waals surface area contributed by atoms with E-state index >= 15 is 0 Å². The molecule has 1 aromatic carbocycles. The summed E-state index contributed by atoms with van der Waals surface area (Å²) in [6.07, 6.45) is 0. The van der Waals surface area contributed by atoms with Gasteiger partial charge in [0.15, 0.2) is 15.8 Å². The molecule has 1 heterocycles. The zero-order chi connectivity index (χ0) is 16.5. The Morgan fingerprint density at radius 3 is 2.50 bits per heavy atom. The van der Waals surface area contributed by atoms with Gasteiger partial charge in [-0.15, -0.1) is 35.3 Å². The number of nitrogens with zero attached hydrogens (tertiary/aromatic N) is 1. The van der Waals surface area contributed by atoms with E-state index in [1.165, 1.54) is 4.88 Å². The highest BCUT2D eigenvalue weighted by atomic mass is 127. The zero-order valence-corrected chi connectivity index (χ0v) is 17.4. The van der Waals surface area contributed by atoms with Crippen molar-refractivity contribution in [2.24, 2.45) is 4.99 Å². The molecule has 0 atom stereocenters. The van der Waals surface area contributed by atoms with E-state index in [0.29, 0.717) is 23.9 Å². The molecule has 0 aliphatic carbocycles. The molecule has 2 rings (SSSR count). The van der Waals surface area contributed by atoms with Crippen molar-refractivity contribution in [3.8, 4) is 0 Å². The van der Waals surface area contributed by atoms with Gasteiger partial charge in [0.2, 0.25) is 0 Å². The summed E-state index contributed by atoms with van der Waals surface area (Å²) in [6.45, 7) is 3.59. The van der Waals surface area contributed by atoms with E-state index in [1.54, 1.807) is 41.7 Å². The van der Waals surface area contributed by atoms with Crippen molar-refractivity contribution in [2.45, 2.75) is 18.4 Å². The third kappa shape index (κ3) is 6.78. The topological polar surface area (TPSA) is 70.6 Å². The largest absolute Gasteiger partial charge is 0.357 e. The molecular formula is C16H22IN3O2S2. The summed E-state index contributed by atoms with van der Waals surface area (Å²) in [7, 11) is -3.27. The molecule has 0 spiro atoms. The summed E-state index contributed by atoms with van der Waals surface area (Å²) < 4.78 is 24.4. The van der Waals surface area contributed by atoms with Crippen LogP contribution in [-0.2, 0) is 16.4 Å². The minimum Gasteiger partial charge on any atom is -0.357 e. The van der Waals surface area contributed by atoms with Crippen molar-refractivity contribution in [3.63, 3.8) is 0 Å². The molecule has 0 saturated heterocycles. The average Bonchev–Trinajstić information content (AvgIpc) is 3.07. The van der Waals surface area contributed by atoms with E-state index in [-0.39, 0.29) is 29.7 Å². The van der Waals surface area contributed by atoms with Crippen LogP contribution in [0, 0.1) is 0 Å². The Bertz CT molecular complexity index is 717. The lowest BCUT2D eigenvalue weighted by Crippen LogP contribution is -2.39. The Kier molecular flexibility index (Phi) is 9.30. The monoisotopic (exact) mass is 479 g/mol. The Morgan fingerprint density at radius 2 is 1.88 bits per heavy atom. The summed E-state index contributed by atoms with van der Waals surface area (Å²) in [5.41, 5.74) is 0. The maximum atomic E-state index is 12.2. The lowest BCUT2D eigenvalue weighted by Gasteiger charge is -2.11. The third-order valence-electron chi connectivity index (χ3n) is 3.08. The SMILES string of the molecule is CCNC(=NCc1cccs1)NCCS(=O)(=O)c1ccccc1.I. The van der Waals surface area contributed by atoms with Crippen LogP contribution in [0.2, 0.25) is 0 Å². The fraction of sp³-hybridized carbons (Fsp3) is 0.312. The highest BCUT2D eigenvalue weighted by molar-refractivity contribution is 14.0. The van der Waals surface area contributed by atoms with Crippen molar-refractivity contribution in [1.29, 1.82) is 0 Å². The molecule has 0 amide bonds. The van der Waals surface area contributed by atoms with E-state index in [9.17, 15) is 8.42 Å². The van der Waals surface area contributed by atoms with Gasteiger partial charge < -0.3 is 10.6 Å². The molecule has 5 nitrogen and oxygen atoms in total. The van der Waals surface area contributed by atoms with Gasteiger partial charge in [0.05, 0.1) is 17.2 Å². The first-order valence-corrected chi connectivity index (χ1v) is 9.97. The van der Waals surface area contributed by atoms with Crippen molar-refractivity contribution >= 4 is 51.1 Å². The molecule has 1 aromatic heterocycles. The second-order valence-electron chi connectivity index (χ2n) is 4.83. The van der Waals surface area contributed by atoms with E-state index in [2.05, 4.69) is 15.6 Å². The summed E-state index contributed by atoms with van der Waals surface area (Å²) in [5.74, 6) is 0.657. The number of sulfone groups is 1. The highest BCUT2D eigenvalue weighted by Gasteiger charge is 2.13. The van der Waals surface area contributed by atoms with E-state index in [1.807, 2.05) is 24.4 Å². The van der Waals surface area contributed by atoms with Crippen LogP contribution in [0.4, 0.5) is 0 Å². The van der Waals surface area contributed by atoms with Gasteiger partial charge in [-0.05, 0) is 30.5 Å². The Hall–Kier alpha value is -1.13. The predicted molar refractivity (Wildman–Crippen MR) is 111 cm³/mol. The lowest BCUT2D eigenvalue weighted by molar-refractivity contribution is 0.594. The van der Waals surface area contributed by atoms with Gasteiger partial charge in [-0.25, -0.2) is 13.4 Å². The minimum absolute atomic E-state index is 0. The quantitative estimate of drug-likeness (QED) is 0.364. The van der Waals surface area contributed by atoms with Crippen LogP contribution in [0.25, 0.3) is 0 Å². The third-order valence-corrected chi connectivity index (χ3v) is 5.68. The summed E-state index contributed by atoms with van der Waals surface area (Å²) in [5, 5.41) is 8.20. The standard InChI is InChI=1S/C16H21N3O2S2.HI/c1-2-17-16(19-13-14-7-6-11-22-14)18-10-12-23(20,21)15-8-4-3-5-9-15;/h3-9,11H,2,10,12-13H2,1H3,(H2,17,18,19);1H. The molecule has 0 unspecified atom stereocenters.